The topological polar surface area (TPSA) is 55.6 Å². The van der Waals surface area contributed by atoms with E-state index in [0.717, 1.165) is 31.4 Å². The Hall–Kier alpha value is -1.46. The lowest BCUT2D eigenvalue weighted by Gasteiger charge is -2.33. The summed E-state index contributed by atoms with van der Waals surface area (Å²) in [6.07, 6.45) is 2.92. The highest BCUT2D eigenvalue weighted by Crippen LogP contribution is 2.21. The highest BCUT2D eigenvalue weighted by atomic mass is 19.1. The number of benzene rings is 1. The van der Waals surface area contributed by atoms with E-state index in [2.05, 4.69) is 4.90 Å². The van der Waals surface area contributed by atoms with Gasteiger partial charge in [0.1, 0.15) is 11.9 Å². The number of esters is 1. The van der Waals surface area contributed by atoms with Crippen LogP contribution in [0, 0.1) is 5.82 Å². The van der Waals surface area contributed by atoms with Gasteiger partial charge in [0.15, 0.2) is 0 Å². The van der Waals surface area contributed by atoms with Crippen LogP contribution < -0.4 is 5.73 Å². The normalized spacial score (nSPS) is 19.9. The fraction of sp³-hybridized carbons (Fsp3) is 0.533. The molecule has 0 aliphatic carbocycles. The van der Waals surface area contributed by atoms with Crippen molar-refractivity contribution in [3.63, 3.8) is 0 Å². The van der Waals surface area contributed by atoms with Crippen molar-refractivity contribution < 1.29 is 13.9 Å². The molecule has 1 aliphatic heterocycles. The summed E-state index contributed by atoms with van der Waals surface area (Å²) in [5.74, 6) is -0.467. The van der Waals surface area contributed by atoms with Crippen LogP contribution in [0.25, 0.3) is 0 Å². The molecule has 2 N–H and O–H groups in total. The molecule has 1 aliphatic rings. The number of nitrogens with two attached hydrogens (primary N) is 1. The Morgan fingerprint density at radius 2 is 2.30 bits per heavy atom. The number of ether oxygens (including phenoxy) is 1. The third-order valence-corrected chi connectivity index (χ3v) is 3.80. The zero-order valence-corrected chi connectivity index (χ0v) is 11.8. The van der Waals surface area contributed by atoms with Gasteiger partial charge in [0.25, 0.3) is 0 Å². The molecule has 2 rings (SSSR count). The summed E-state index contributed by atoms with van der Waals surface area (Å²) in [6.45, 7) is 1.66. The Kier molecular flexibility index (Phi) is 5.09. The van der Waals surface area contributed by atoms with Gasteiger partial charge in [0, 0.05) is 18.7 Å². The Labute approximate surface area is 118 Å². The lowest BCUT2D eigenvalue weighted by molar-refractivity contribution is -0.148. The lowest BCUT2D eigenvalue weighted by Crippen LogP contribution is -2.44. The molecular formula is C15H21FN2O2. The summed E-state index contributed by atoms with van der Waals surface area (Å²) >= 11 is 0. The molecule has 1 unspecified atom stereocenters. The van der Waals surface area contributed by atoms with Crippen molar-refractivity contribution in [1.29, 1.82) is 0 Å². The molecule has 4 nitrogen and oxygen atoms in total. The van der Waals surface area contributed by atoms with Gasteiger partial charge in [-0.15, -0.1) is 0 Å². The molecule has 0 amide bonds. The number of nitrogens with zero attached hydrogens (tertiary/aromatic N) is 1. The summed E-state index contributed by atoms with van der Waals surface area (Å²) in [7, 11) is 1.42. The summed E-state index contributed by atoms with van der Waals surface area (Å²) in [5, 5.41) is 0. The fourth-order valence-corrected chi connectivity index (χ4v) is 2.70. The summed E-state index contributed by atoms with van der Waals surface area (Å²) < 4.78 is 18.3. The maximum absolute atomic E-state index is 13.4. The number of halogens is 1. The van der Waals surface area contributed by atoms with Crippen LogP contribution in [-0.2, 0) is 22.6 Å². The van der Waals surface area contributed by atoms with Crippen LogP contribution in [-0.4, -0.2) is 30.6 Å². The predicted molar refractivity (Wildman–Crippen MR) is 74.4 cm³/mol. The summed E-state index contributed by atoms with van der Waals surface area (Å²) in [4.78, 5) is 13.9. The summed E-state index contributed by atoms with van der Waals surface area (Å²) in [5.41, 5.74) is 7.01. The van der Waals surface area contributed by atoms with Crippen molar-refractivity contribution in [2.24, 2.45) is 5.73 Å². The minimum absolute atomic E-state index is 0.181. The Balaban J connectivity index is 2.12. The predicted octanol–water partition coefficient (Wildman–Crippen LogP) is 1.81. The molecule has 1 fully saturated rings. The number of hydrogen-bond acceptors (Lipinski definition) is 4. The molecule has 0 spiro atoms. The Morgan fingerprint density at radius 3 is 3.00 bits per heavy atom. The number of methoxy groups -OCH3 is 1. The third-order valence-electron chi connectivity index (χ3n) is 3.80. The first-order valence-corrected chi connectivity index (χ1v) is 6.95. The molecule has 0 bridgehead atoms. The standard InChI is InChI=1S/C15H21FN2O2/c1-20-15(19)14-4-2-3-7-18(14)10-11-5-6-13(16)12(8-11)9-17/h5-6,8,14H,2-4,7,9-10,17H2,1H3. The zero-order valence-electron chi connectivity index (χ0n) is 11.8. The quantitative estimate of drug-likeness (QED) is 0.855. The molecular weight excluding hydrogens is 259 g/mol. The van der Waals surface area contributed by atoms with Gasteiger partial charge >= 0.3 is 5.97 Å². The van der Waals surface area contributed by atoms with E-state index in [1.807, 2.05) is 0 Å². The average molecular weight is 280 g/mol. The fourth-order valence-electron chi connectivity index (χ4n) is 2.70. The van der Waals surface area contributed by atoms with Crippen molar-refractivity contribution in [3.8, 4) is 0 Å². The summed E-state index contributed by atoms with van der Waals surface area (Å²) in [6, 6.07) is 4.77. The SMILES string of the molecule is COC(=O)C1CCCCN1Cc1ccc(F)c(CN)c1. The lowest BCUT2D eigenvalue weighted by atomic mass is 10.0. The largest absolute Gasteiger partial charge is 0.468 e. The van der Waals surface area contributed by atoms with Crippen LogP contribution in [0.2, 0.25) is 0 Å². The maximum atomic E-state index is 13.4. The Morgan fingerprint density at radius 1 is 1.50 bits per heavy atom. The molecule has 0 saturated carbocycles. The van der Waals surface area contributed by atoms with Gasteiger partial charge in [0.2, 0.25) is 0 Å². The number of likely N-dealkylation sites (tertiary alicyclic amines) is 1. The number of hydrogen-bond donors (Lipinski definition) is 1. The maximum Gasteiger partial charge on any atom is 0.323 e. The highest BCUT2D eigenvalue weighted by molar-refractivity contribution is 5.75. The Bertz CT molecular complexity index is 479. The van der Waals surface area contributed by atoms with Gasteiger partial charge in [-0.05, 0) is 31.0 Å². The van der Waals surface area contributed by atoms with Crippen molar-refractivity contribution in [2.75, 3.05) is 13.7 Å². The zero-order chi connectivity index (χ0) is 14.5. The van der Waals surface area contributed by atoms with E-state index in [1.165, 1.54) is 13.2 Å². The van der Waals surface area contributed by atoms with E-state index in [-0.39, 0.29) is 24.4 Å². The van der Waals surface area contributed by atoms with E-state index < -0.39 is 0 Å². The second-order valence-electron chi connectivity index (χ2n) is 5.14. The van der Waals surface area contributed by atoms with E-state index in [0.29, 0.717) is 12.1 Å². The van der Waals surface area contributed by atoms with Crippen LogP contribution >= 0.6 is 0 Å². The highest BCUT2D eigenvalue weighted by Gasteiger charge is 2.29. The average Bonchev–Trinajstić information content (AvgIpc) is 2.49. The third kappa shape index (κ3) is 3.35. The second kappa shape index (κ2) is 6.81. The van der Waals surface area contributed by atoms with Gasteiger partial charge < -0.3 is 10.5 Å². The monoisotopic (exact) mass is 280 g/mol. The van der Waals surface area contributed by atoms with Crippen LogP contribution in [0.1, 0.15) is 30.4 Å². The molecule has 110 valence electrons. The van der Waals surface area contributed by atoms with Gasteiger partial charge in [-0.25, -0.2) is 4.39 Å². The first-order chi connectivity index (χ1) is 9.65. The first kappa shape index (κ1) is 14.9. The van der Waals surface area contributed by atoms with Crippen molar-refractivity contribution in [2.45, 2.75) is 38.4 Å². The van der Waals surface area contributed by atoms with Crippen LogP contribution in [0.5, 0.6) is 0 Å². The van der Waals surface area contributed by atoms with Crippen LogP contribution in [0.4, 0.5) is 4.39 Å². The van der Waals surface area contributed by atoms with Crippen LogP contribution in [0.15, 0.2) is 18.2 Å². The second-order valence-corrected chi connectivity index (χ2v) is 5.14. The molecule has 5 heteroatoms. The van der Waals surface area contributed by atoms with E-state index in [9.17, 15) is 9.18 Å². The molecule has 1 heterocycles. The van der Waals surface area contributed by atoms with Gasteiger partial charge in [-0.1, -0.05) is 18.6 Å². The van der Waals surface area contributed by atoms with Gasteiger partial charge in [-0.3, -0.25) is 9.69 Å². The molecule has 1 atom stereocenters. The molecule has 1 saturated heterocycles. The molecule has 1 aromatic carbocycles. The van der Waals surface area contributed by atoms with Crippen molar-refractivity contribution >= 4 is 5.97 Å². The number of rotatable bonds is 4. The molecule has 20 heavy (non-hydrogen) atoms. The minimum atomic E-state index is -0.278. The van der Waals surface area contributed by atoms with Crippen LogP contribution in [0.3, 0.4) is 0 Å². The van der Waals surface area contributed by atoms with Crippen molar-refractivity contribution in [3.05, 3.63) is 35.1 Å². The minimum Gasteiger partial charge on any atom is -0.468 e. The van der Waals surface area contributed by atoms with Gasteiger partial charge in [0.05, 0.1) is 7.11 Å². The van der Waals surface area contributed by atoms with E-state index >= 15 is 0 Å². The molecule has 1 aromatic rings. The van der Waals surface area contributed by atoms with E-state index in [1.54, 1.807) is 12.1 Å². The number of carbonyl (C=O) groups excluding carboxylic acids is 1. The van der Waals surface area contributed by atoms with Gasteiger partial charge in [-0.2, -0.15) is 0 Å². The van der Waals surface area contributed by atoms with E-state index in [4.69, 9.17) is 10.5 Å². The number of piperidine rings is 1. The molecule has 0 radical (unpaired) electrons. The van der Waals surface area contributed by atoms with Crippen molar-refractivity contribution in [1.82, 2.24) is 4.90 Å². The number of carbonyl (C=O) groups is 1. The first-order valence-electron chi connectivity index (χ1n) is 6.95. The smallest absolute Gasteiger partial charge is 0.323 e. The molecule has 0 aromatic heterocycles.